The van der Waals surface area contributed by atoms with Crippen LogP contribution in [0.25, 0.3) is 10.2 Å². The lowest BCUT2D eigenvalue weighted by Crippen LogP contribution is -2.48. The molecule has 126 valence electrons. The van der Waals surface area contributed by atoms with Gasteiger partial charge in [-0.1, -0.05) is 18.6 Å². The van der Waals surface area contributed by atoms with Crippen LogP contribution < -0.4 is 4.72 Å². The maximum absolute atomic E-state index is 12.4. The Kier molecular flexibility index (Phi) is 5.31. The van der Waals surface area contributed by atoms with Gasteiger partial charge >= 0.3 is 0 Å². The second-order valence-electron chi connectivity index (χ2n) is 6.03. The van der Waals surface area contributed by atoms with Crippen LogP contribution in [0.4, 0.5) is 0 Å². The standard InChI is InChI=1S/C16H23N3O2S2/c1-13-7-4-5-12-19(13)23(20,21)17-11-6-10-16-18-14-8-2-3-9-15(14)22-16/h2-3,8-9,13,17H,4-7,10-12H2,1H3/t13-/m0/s1. The summed E-state index contributed by atoms with van der Waals surface area (Å²) in [6.07, 6.45) is 4.59. The molecule has 1 aromatic carbocycles. The van der Waals surface area contributed by atoms with Crippen molar-refractivity contribution >= 4 is 31.8 Å². The Bertz CT molecular complexity index is 725. The molecule has 1 aliphatic rings. The highest BCUT2D eigenvalue weighted by molar-refractivity contribution is 7.87. The third kappa shape index (κ3) is 4.09. The molecule has 23 heavy (non-hydrogen) atoms. The van der Waals surface area contributed by atoms with Gasteiger partial charge in [-0.25, -0.2) is 9.71 Å². The van der Waals surface area contributed by atoms with E-state index in [4.69, 9.17) is 0 Å². The molecule has 0 saturated carbocycles. The van der Waals surface area contributed by atoms with Crippen LogP contribution in [0.5, 0.6) is 0 Å². The van der Waals surface area contributed by atoms with E-state index in [9.17, 15) is 8.42 Å². The summed E-state index contributed by atoms with van der Waals surface area (Å²) in [6, 6.07) is 8.18. The van der Waals surface area contributed by atoms with Gasteiger partial charge in [0.1, 0.15) is 0 Å². The number of nitrogens with zero attached hydrogens (tertiary/aromatic N) is 2. The minimum absolute atomic E-state index is 0.102. The minimum atomic E-state index is -3.35. The van der Waals surface area contributed by atoms with E-state index in [1.165, 1.54) is 4.70 Å². The summed E-state index contributed by atoms with van der Waals surface area (Å²) >= 11 is 1.68. The molecule has 1 fully saturated rings. The van der Waals surface area contributed by atoms with E-state index in [0.717, 1.165) is 42.6 Å². The number of hydrogen-bond donors (Lipinski definition) is 1. The second-order valence-corrected chi connectivity index (χ2v) is 8.86. The highest BCUT2D eigenvalue weighted by atomic mass is 32.2. The first-order valence-corrected chi connectivity index (χ1v) is 10.4. The first-order valence-electron chi connectivity index (χ1n) is 8.17. The fraction of sp³-hybridized carbons (Fsp3) is 0.562. The number of hydrogen-bond acceptors (Lipinski definition) is 4. The van der Waals surface area contributed by atoms with Crippen LogP contribution in [-0.2, 0) is 16.6 Å². The van der Waals surface area contributed by atoms with Crippen molar-refractivity contribution in [3.63, 3.8) is 0 Å². The van der Waals surface area contributed by atoms with E-state index >= 15 is 0 Å². The van der Waals surface area contributed by atoms with E-state index in [0.29, 0.717) is 13.1 Å². The molecule has 2 aromatic rings. The van der Waals surface area contributed by atoms with Gasteiger partial charge in [-0.3, -0.25) is 0 Å². The van der Waals surface area contributed by atoms with E-state index < -0.39 is 10.2 Å². The molecule has 2 heterocycles. The summed E-state index contributed by atoms with van der Waals surface area (Å²) < 4.78 is 30.2. The lowest BCUT2D eigenvalue weighted by atomic mass is 10.1. The van der Waals surface area contributed by atoms with E-state index in [2.05, 4.69) is 15.8 Å². The summed E-state index contributed by atoms with van der Waals surface area (Å²) in [5, 5.41) is 1.07. The maximum Gasteiger partial charge on any atom is 0.279 e. The zero-order valence-electron chi connectivity index (χ0n) is 13.4. The molecule has 0 bridgehead atoms. The topological polar surface area (TPSA) is 62.3 Å². The van der Waals surface area contributed by atoms with Gasteiger partial charge in [0.2, 0.25) is 0 Å². The van der Waals surface area contributed by atoms with Crippen LogP contribution in [0.3, 0.4) is 0 Å². The van der Waals surface area contributed by atoms with E-state index in [1.807, 2.05) is 25.1 Å². The molecule has 1 aliphatic heterocycles. The maximum atomic E-state index is 12.4. The lowest BCUT2D eigenvalue weighted by molar-refractivity contribution is 0.265. The number of thiazole rings is 1. The first-order chi connectivity index (χ1) is 11.1. The van der Waals surface area contributed by atoms with Crippen LogP contribution in [0, 0.1) is 0 Å². The molecule has 0 unspecified atom stereocenters. The van der Waals surface area contributed by atoms with Gasteiger partial charge in [-0.2, -0.15) is 12.7 Å². The van der Waals surface area contributed by atoms with Crippen molar-refractivity contribution in [1.82, 2.24) is 14.0 Å². The number of piperidine rings is 1. The quantitative estimate of drug-likeness (QED) is 0.812. The van der Waals surface area contributed by atoms with Crippen LogP contribution in [-0.4, -0.2) is 36.8 Å². The van der Waals surface area contributed by atoms with Crippen molar-refractivity contribution in [1.29, 1.82) is 0 Å². The van der Waals surface area contributed by atoms with E-state index in [1.54, 1.807) is 15.6 Å². The Labute approximate surface area is 141 Å². The highest BCUT2D eigenvalue weighted by Gasteiger charge is 2.28. The number of aromatic nitrogens is 1. The Morgan fingerprint density at radius 1 is 1.35 bits per heavy atom. The average molecular weight is 354 g/mol. The molecule has 7 heteroatoms. The van der Waals surface area contributed by atoms with Crippen LogP contribution in [0.1, 0.15) is 37.6 Å². The molecule has 3 rings (SSSR count). The Morgan fingerprint density at radius 2 is 2.17 bits per heavy atom. The van der Waals surface area contributed by atoms with Crippen LogP contribution in [0.15, 0.2) is 24.3 Å². The molecule has 0 radical (unpaired) electrons. The van der Waals surface area contributed by atoms with Gasteiger partial charge < -0.3 is 0 Å². The number of aryl methyl sites for hydroxylation is 1. The van der Waals surface area contributed by atoms with Gasteiger partial charge in [0.05, 0.1) is 15.2 Å². The fourth-order valence-electron chi connectivity index (χ4n) is 2.98. The van der Waals surface area contributed by atoms with Gasteiger partial charge in [-0.05, 0) is 38.3 Å². The van der Waals surface area contributed by atoms with Gasteiger partial charge in [0.15, 0.2) is 0 Å². The summed E-state index contributed by atoms with van der Waals surface area (Å²) in [4.78, 5) is 4.58. The monoisotopic (exact) mass is 353 g/mol. The van der Waals surface area contributed by atoms with Crippen molar-refractivity contribution in [3.8, 4) is 0 Å². The van der Waals surface area contributed by atoms with Crippen molar-refractivity contribution in [2.45, 2.75) is 45.1 Å². The zero-order chi connectivity index (χ0) is 16.3. The zero-order valence-corrected chi connectivity index (χ0v) is 15.0. The second kappa shape index (κ2) is 7.25. The molecular formula is C16H23N3O2S2. The fourth-order valence-corrected chi connectivity index (χ4v) is 5.51. The smallest absolute Gasteiger partial charge is 0.241 e. The molecular weight excluding hydrogens is 330 g/mol. The predicted molar refractivity (Wildman–Crippen MR) is 94.9 cm³/mol. The largest absolute Gasteiger partial charge is 0.279 e. The Hall–Kier alpha value is -1.02. The summed E-state index contributed by atoms with van der Waals surface area (Å²) in [7, 11) is -3.35. The molecule has 0 aliphatic carbocycles. The molecule has 1 atom stereocenters. The van der Waals surface area contributed by atoms with Crippen molar-refractivity contribution < 1.29 is 8.42 Å². The van der Waals surface area contributed by atoms with Crippen LogP contribution in [0.2, 0.25) is 0 Å². The molecule has 0 spiro atoms. The van der Waals surface area contributed by atoms with E-state index in [-0.39, 0.29) is 6.04 Å². The molecule has 1 N–H and O–H groups in total. The van der Waals surface area contributed by atoms with Gasteiger partial charge in [0, 0.05) is 25.6 Å². The number of para-hydroxylation sites is 1. The average Bonchev–Trinajstić information content (AvgIpc) is 2.94. The lowest BCUT2D eigenvalue weighted by Gasteiger charge is -2.32. The van der Waals surface area contributed by atoms with Crippen LogP contribution >= 0.6 is 11.3 Å². The normalized spacial score (nSPS) is 20.1. The minimum Gasteiger partial charge on any atom is -0.241 e. The summed E-state index contributed by atoms with van der Waals surface area (Å²) in [5.74, 6) is 0. The van der Waals surface area contributed by atoms with Crippen molar-refractivity contribution in [2.75, 3.05) is 13.1 Å². The van der Waals surface area contributed by atoms with Gasteiger partial charge in [-0.15, -0.1) is 11.3 Å². The molecule has 5 nitrogen and oxygen atoms in total. The number of rotatable bonds is 6. The SMILES string of the molecule is C[C@H]1CCCCN1S(=O)(=O)NCCCc1nc2ccccc2s1. The van der Waals surface area contributed by atoms with Crippen molar-refractivity contribution in [3.05, 3.63) is 29.3 Å². The Morgan fingerprint density at radius 3 is 2.96 bits per heavy atom. The summed E-state index contributed by atoms with van der Waals surface area (Å²) in [5.41, 5.74) is 1.02. The number of nitrogens with one attached hydrogen (secondary N) is 1. The number of benzene rings is 1. The third-order valence-corrected chi connectivity index (χ3v) is 7.07. The van der Waals surface area contributed by atoms with Crippen molar-refractivity contribution in [2.24, 2.45) is 0 Å². The first kappa shape index (κ1) is 16.8. The molecule has 1 aromatic heterocycles. The molecule has 1 saturated heterocycles. The van der Waals surface area contributed by atoms with Gasteiger partial charge in [0.25, 0.3) is 10.2 Å². The summed E-state index contributed by atoms with van der Waals surface area (Å²) in [6.45, 7) is 3.08. The number of fused-ring (bicyclic) bond motifs is 1. The third-order valence-electron chi connectivity index (χ3n) is 4.24. The predicted octanol–water partition coefficient (Wildman–Crippen LogP) is 2.94. The Balaban J connectivity index is 1.50. The molecule has 0 amide bonds. The highest BCUT2D eigenvalue weighted by Crippen LogP contribution is 2.22.